The van der Waals surface area contributed by atoms with E-state index in [1.54, 1.807) is 6.07 Å². The van der Waals surface area contributed by atoms with E-state index in [9.17, 15) is 26.8 Å². The number of H-pyrrole nitrogens is 2. The molecule has 0 bridgehead atoms. The van der Waals surface area contributed by atoms with Crippen LogP contribution >= 0.6 is 0 Å². The van der Waals surface area contributed by atoms with Crippen LogP contribution in [0.3, 0.4) is 0 Å². The number of benzene rings is 1. The predicted octanol–water partition coefficient (Wildman–Crippen LogP) is 3.37. The molecule has 4 heterocycles. The summed E-state index contributed by atoms with van der Waals surface area (Å²) in [5.74, 6) is -5.48. The molecular weight excluding hydrogens is 530 g/mol. The van der Waals surface area contributed by atoms with E-state index in [-0.39, 0.29) is 29.7 Å². The van der Waals surface area contributed by atoms with Gasteiger partial charge in [-0.2, -0.15) is 4.31 Å². The minimum atomic E-state index is -4.00. The van der Waals surface area contributed by atoms with E-state index in [0.29, 0.717) is 34.5 Å². The molecule has 1 saturated carbocycles. The van der Waals surface area contributed by atoms with Gasteiger partial charge < -0.3 is 15.3 Å². The number of aromatic nitrogens is 4. The summed E-state index contributed by atoms with van der Waals surface area (Å²) in [6, 6.07) is 12.7. The quantitative estimate of drug-likeness (QED) is 0.321. The zero-order valence-corrected chi connectivity index (χ0v) is 21.1. The van der Waals surface area contributed by atoms with Gasteiger partial charge in [0.25, 0.3) is 15.9 Å². The number of fused-ring (bicyclic) bond motifs is 1. The molecule has 0 radical (unpaired) electrons. The molecule has 3 N–H and O–H groups in total. The smallest absolute Gasteiger partial charge is 0.260 e. The van der Waals surface area contributed by atoms with E-state index in [4.69, 9.17) is 0 Å². The van der Waals surface area contributed by atoms with Crippen molar-refractivity contribution in [1.29, 1.82) is 0 Å². The first-order valence-corrected chi connectivity index (χ1v) is 13.5. The van der Waals surface area contributed by atoms with Gasteiger partial charge in [-0.3, -0.25) is 9.59 Å². The van der Waals surface area contributed by atoms with Crippen LogP contribution in [0.15, 0.2) is 66.2 Å². The number of rotatable bonds is 7. The van der Waals surface area contributed by atoms with E-state index in [0.717, 1.165) is 9.87 Å². The number of nitrogens with one attached hydrogen (secondary N) is 3. The van der Waals surface area contributed by atoms with Gasteiger partial charge in [-0.05, 0) is 23.3 Å². The molecule has 4 aromatic rings. The normalized spacial score (nSPS) is 18.5. The predicted molar refractivity (Wildman–Crippen MR) is 135 cm³/mol. The first-order valence-electron chi connectivity index (χ1n) is 12.1. The van der Waals surface area contributed by atoms with Crippen LogP contribution in [0.1, 0.15) is 33.6 Å². The zero-order valence-electron chi connectivity index (χ0n) is 20.3. The number of nitrogens with zero attached hydrogens (tertiary/aromatic N) is 3. The van der Waals surface area contributed by atoms with Crippen LogP contribution in [0.5, 0.6) is 0 Å². The van der Waals surface area contributed by atoms with E-state index < -0.39 is 34.2 Å². The van der Waals surface area contributed by atoms with Crippen LogP contribution < -0.4 is 5.32 Å². The van der Waals surface area contributed by atoms with Crippen molar-refractivity contribution in [2.75, 3.05) is 11.9 Å². The average Bonchev–Trinajstić information content (AvgIpc) is 3.27. The lowest BCUT2D eigenvalue weighted by Crippen LogP contribution is -2.39. The van der Waals surface area contributed by atoms with Crippen LogP contribution in [-0.4, -0.2) is 56.8 Å². The fourth-order valence-corrected chi connectivity index (χ4v) is 6.06. The van der Waals surface area contributed by atoms with Crippen LogP contribution in [-0.2, 0) is 27.8 Å². The van der Waals surface area contributed by atoms with Crippen molar-refractivity contribution in [2.24, 2.45) is 5.92 Å². The highest BCUT2D eigenvalue weighted by Gasteiger charge is 2.61. The van der Waals surface area contributed by atoms with Crippen LogP contribution in [0.25, 0.3) is 11.3 Å². The molecule has 1 aromatic carbocycles. The molecule has 6 rings (SSSR count). The maximum atomic E-state index is 13.4. The van der Waals surface area contributed by atoms with Crippen LogP contribution in [0, 0.1) is 5.92 Å². The van der Waals surface area contributed by atoms with E-state index in [2.05, 4.69) is 25.3 Å². The van der Waals surface area contributed by atoms with Crippen molar-refractivity contribution < 1.29 is 26.8 Å². The SMILES string of the molecule is O=C1CN(S(=O)(=O)c2cnc[nH]2)Cc2[nH]c(-c3ccnc(NC(=O)C4CC4(F)F)c3)c(Cc3ccccc3)c21. The fraction of sp³-hybridized carbons (Fsp3) is 0.231. The first kappa shape index (κ1) is 25.1. The number of sulfonamides is 1. The Balaban J connectivity index is 1.39. The summed E-state index contributed by atoms with van der Waals surface area (Å²) >= 11 is 0. The minimum Gasteiger partial charge on any atom is -0.356 e. The number of ketones is 1. The molecular formula is C26H22F2N6O4S. The van der Waals surface area contributed by atoms with Gasteiger partial charge in [-0.25, -0.2) is 27.2 Å². The molecule has 0 saturated heterocycles. The fourth-order valence-electron chi connectivity index (χ4n) is 4.80. The van der Waals surface area contributed by atoms with E-state index in [1.165, 1.54) is 24.8 Å². The number of aromatic amines is 2. The number of hydrogen-bond donors (Lipinski definition) is 3. The van der Waals surface area contributed by atoms with E-state index >= 15 is 0 Å². The number of hydrogen-bond acceptors (Lipinski definition) is 6. The number of anilines is 1. The lowest BCUT2D eigenvalue weighted by molar-refractivity contribution is -0.119. The molecule has 39 heavy (non-hydrogen) atoms. The first-order chi connectivity index (χ1) is 18.6. The molecule has 1 fully saturated rings. The summed E-state index contributed by atoms with van der Waals surface area (Å²) in [6.45, 7) is -0.420. The maximum Gasteiger partial charge on any atom is 0.260 e. The molecule has 1 atom stereocenters. The number of alkyl halides is 2. The third-order valence-corrected chi connectivity index (χ3v) is 8.59. The summed E-state index contributed by atoms with van der Waals surface area (Å²) in [5, 5.41) is 2.32. The lowest BCUT2D eigenvalue weighted by atomic mass is 9.94. The van der Waals surface area contributed by atoms with Gasteiger partial charge in [0.15, 0.2) is 10.8 Å². The topological polar surface area (TPSA) is 141 Å². The second kappa shape index (κ2) is 9.20. The Bertz CT molecular complexity index is 1690. The number of carbonyl (C=O) groups is 2. The van der Waals surface area contributed by atoms with Crippen LogP contribution in [0.2, 0.25) is 0 Å². The highest BCUT2D eigenvalue weighted by Crippen LogP contribution is 2.49. The largest absolute Gasteiger partial charge is 0.356 e. The second-order valence-corrected chi connectivity index (χ2v) is 11.4. The highest BCUT2D eigenvalue weighted by atomic mass is 32.2. The van der Waals surface area contributed by atoms with Gasteiger partial charge in [0.1, 0.15) is 11.7 Å². The third kappa shape index (κ3) is 4.63. The average molecular weight is 553 g/mol. The molecule has 1 unspecified atom stereocenters. The number of imidazole rings is 1. The van der Waals surface area contributed by atoms with Gasteiger partial charge in [0.05, 0.1) is 31.3 Å². The van der Waals surface area contributed by atoms with Crippen molar-refractivity contribution in [3.05, 3.63) is 83.6 Å². The number of pyridine rings is 1. The second-order valence-electron chi connectivity index (χ2n) is 9.54. The van der Waals surface area contributed by atoms with Gasteiger partial charge in [0, 0.05) is 35.9 Å². The Morgan fingerprint density at radius 2 is 1.95 bits per heavy atom. The van der Waals surface area contributed by atoms with Crippen molar-refractivity contribution in [3.8, 4) is 11.3 Å². The van der Waals surface area contributed by atoms with Crippen molar-refractivity contribution in [1.82, 2.24) is 24.2 Å². The molecule has 0 spiro atoms. The summed E-state index contributed by atoms with van der Waals surface area (Å²) < 4.78 is 54.0. The number of amides is 1. The molecule has 1 amide bonds. The Morgan fingerprint density at radius 3 is 2.64 bits per heavy atom. The molecule has 13 heteroatoms. The molecule has 1 aliphatic carbocycles. The summed E-state index contributed by atoms with van der Waals surface area (Å²) in [7, 11) is -4.00. The maximum absolute atomic E-state index is 13.4. The Labute approximate surface area is 221 Å². The molecule has 1 aliphatic heterocycles. The van der Waals surface area contributed by atoms with Crippen LogP contribution in [0.4, 0.5) is 14.6 Å². The van der Waals surface area contributed by atoms with E-state index in [1.807, 2.05) is 30.3 Å². The van der Waals surface area contributed by atoms with Gasteiger partial charge >= 0.3 is 0 Å². The third-order valence-electron chi connectivity index (χ3n) is 6.87. The monoisotopic (exact) mass is 552 g/mol. The molecule has 2 aliphatic rings. The number of Topliss-reactive ketones (excluding diaryl/α,β-unsaturated/α-hetero) is 1. The molecule has 3 aromatic heterocycles. The lowest BCUT2D eigenvalue weighted by Gasteiger charge is -2.25. The van der Waals surface area contributed by atoms with Gasteiger partial charge in [-0.1, -0.05) is 30.3 Å². The Morgan fingerprint density at radius 1 is 1.18 bits per heavy atom. The molecule has 10 nitrogen and oxygen atoms in total. The number of halogens is 2. The Kier molecular flexibility index (Phi) is 5.92. The minimum absolute atomic E-state index is 0.0738. The van der Waals surface area contributed by atoms with Gasteiger partial charge in [-0.15, -0.1) is 0 Å². The van der Waals surface area contributed by atoms with Gasteiger partial charge in [0.2, 0.25) is 5.91 Å². The van der Waals surface area contributed by atoms with Crippen molar-refractivity contribution in [3.63, 3.8) is 0 Å². The summed E-state index contributed by atoms with van der Waals surface area (Å²) in [4.78, 5) is 39.3. The zero-order chi connectivity index (χ0) is 27.4. The highest BCUT2D eigenvalue weighted by molar-refractivity contribution is 7.89. The van der Waals surface area contributed by atoms with Crippen molar-refractivity contribution >= 4 is 27.5 Å². The number of carbonyl (C=O) groups excluding carboxylic acids is 2. The standard InChI is InChI=1S/C26H22F2N6O4S/c27-26(28)10-18(26)25(36)33-21-9-16(6-7-30-21)24-17(8-15-4-2-1-3-5-15)23-19(32-24)12-34(13-20(23)35)39(37,38)22-11-29-14-31-22/h1-7,9,11,14,18,32H,8,10,12-13H2,(H,29,31)(H,30,33,36). The molecule has 200 valence electrons. The summed E-state index contributed by atoms with van der Waals surface area (Å²) in [5.41, 5.74) is 3.53. The summed E-state index contributed by atoms with van der Waals surface area (Å²) in [6.07, 6.45) is 3.74. The van der Waals surface area contributed by atoms with Crippen molar-refractivity contribution in [2.45, 2.75) is 30.3 Å². The Hall–Kier alpha value is -4.23.